The number of carbonyl (C=O) groups is 3. The Morgan fingerprint density at radius 2 is 1.61 bits per heavy atom. The number of aromatic hydroxyl groups is 2. The number of nitrogens with zero attached hydrogens (tertiary/aromatic N) is 1. The third kappa shape index (κ3) is 10.6. The van der Waals surface area contributed by atoms with E-state index in [1.165, 1.54) is 17.0 Å². The van der Waals surface area contributed by atoms with Gasteiger partial charge in [-0.1, -0.05) is 63.4 Å². The predicted octanol–water partition coefficient (Wildman–Crippen LogP) is 5.52. The van der Waals surface area contributed by atoms with Crippen molar-refractivity contribution >= 4 is 17.9 Å². The van der Waals surface area contributed by atoms with Gasteiger partial charge in [0.25, 0.3) is 0 Å². The van der Waals surface area contributed by atoms with E-state index in [9.17, 15) is 24.6 Å². The van der Waals surface area contributed by atoms with Crippen LogP contribution in [0.2, 0.25) is 0 Å². The van der Waals surface area contributed by atoms with Crippen LogP contribution in [0.4, 0.5) is 4.79 Å². The minimum atomic E-state index is -1.11. The number of amides is 3. The molecule has 0 aliphatic heterocycles. The zero-order valence-electron chi connectivity index (χ0n) is 25.3. The topological polar surface area (TPSA) is 128 Å². The molecule has 0 heterocycles. The highest BCUT2D eigenvalue weighted by Gasteiger charge is 2.37. The highest BCUT2D eigenvalue weighted by Crippen LogP contribution is 2.33. The second kappa shape index (κ2) is 15.9. The van der Waals surface area contributed by atoms with Crippen LogP contribution in [0.25, 0.3) is 0 Å². The molecule has 2 aromatic rings. The van der Waals surface area contributed by atoms with Crippen LogP contribution in [-0.2, 0) is 20.7 Å². The number of aryl methyl sites for hydroxylation is 1. The fourth-order valence-electron chi connectivity index (χ4n) is 4.45. The van der Waals surface area contributed by atoms with Gasteiger partial charge in [0.1, 0.15) is 29.2 Å². The molecule has 0 radical (unpaired) electrons. The first kappa shape index (κ1) is 33.5. The molecule has 0 spiro atoms. The van der Waals surface area contributed by atoms with Crippen molar-refractivity contribution in [1.29, 1.82) is 0 Å². The zero-order valence-corrected chi connectivity index (χ0v) is 25.3. The van der Waals surface area contributed by atoms with Crippen molar-refractivity contribution < 1.29 is 29.3 Å². The van der Waals surface area contributed by atoms with Crippen LogP contribution in [0.15, 0.2) is 42.5 Å². The number of ether oxygens (including phenoxy) is 1. The molecule has 9 nitrogen and oxygen atoms in total. The number of phenolic OH excluding ortho intramolecular Hbond substituents is 2. The van der Waals surface area contributed by atoms with Crippen LogP contribution in [0.3, 0.4) is 0 Å². The maximum absolute atomic E-state index is 14.4. The van der Waals surface area contributed by atoms with Gasteiger partial charge >= 0.3 is 6.09 Å². The number of carbonyl (C=O) groups excluding carboxylic acids is 3. The lowest BCUT2D eigenvalue weighted by Gasteiger charge is -2.35. The van der Waals surface area contributed by atoms with Crippen LogP contribution in [0.1, 0.15) is 89.5 Å². The van der Waals surface area contributed by atoms with Crippen LogP contribution >= 0.6 is 0 Å². The Morgan fingerprint density at radius 1 is 0.951 bits per heavy atom. The molecule has 0 aliphatic rings. The number of benzene rings is 2. The highest BCUT2D eigenvalue weighted by molar-refractivity contribution is 5.92. The second-order valence-electron chi connectivity index (χ2n) is 11.4. The molecule has 2 rings (SSSR count). The Hall–Kier alpha value is -3.75. The molecule has 226 valence electrons. The Morgan fingerprint density at radius 3 is 2.22 bits per heavy atom. The molecule has 0 bridgehead atoms. The Kier molecular flexibility index (Phi) is 13.0. The van der Waals surface area contributed by atoms with Gasteiger partial charge in [-0.05, 0) is 63.8 Å². The fourth-order valence-corrected chi connectivity index (χ4v) is 4.45. The van der Waals surface area contributed by atoms with Crippen molar-refractivity contribution in [3.63, 3.8) is 0 Å². The second-order valence-corrected chi connectivity index (χ2v) is 11.4. The van der Waals surface area contributed by atoms with Crippen LogP contribution < -0.4 is 10.6 Å². The molecule has 2 atom stereocenters. The summed E-state index contributed by atoms with van der Waals surface area (Å²) in [4.78, 5) is 42.4. The molecule has 4 N–H and O–H groups in total. The molecular formula is C32H47N3O6. The number of alkyl carbamates (subject to hydrolysis) is 1. The van der Waals surface area contributed by atoms with Gasteiger partial charge in [-0.25, -0.2) is 4.79 Å². The molecule has 0 saturated heterocycles. The summed E-state index contributed by atoms with van der Waals surface area (Å²) in [5.74, 6) is -0.846. The van der Waals surface area contributed by atoms with Crippen LogP contribution in [-0.4, -0.2) is 57.8 Å². The average molecular weight is 570 g/mol. The smallest absolute Gasteiger partial charge is 0.408 e. The lowest BCUT2D eigenvalue weighted by molar-refractivity contribution is -0.142. The van der Waals surface area contributed by atoms with Crippen molar-refractivity contribution in [1.82, 2.24) is 15.5 Å². The lowest BCUT2D eigenvalue weighted by atomic mass is 9.97. The van der Waals surface area contributed by atoms with Gasteiger partial charge in [0.05, 0.1) is 0 Å². The summed E-state index contributed by atoms with van der Waals surface area (Å²) in [7, 11) is 0. The first-order valence-corrected chi connectivity index (χ1v) is 14.5. The van der Waals surface area contributed by atoms with Gasteiger partial charge in [0, 0.05) is 25.1 Å². The molecule has 0 saturated carbocycles. The number of unbranched alkanes of at least 4 members (excludes halogenated alkanes) is 3. The summed E-state index contributed by atoms with van der Waals surface area (Å²) in [6.45, 7) is 11.7. The molecule has 0 aromatic heterocycles. The Bertz CT molecular complexity index is 1140. The number of hydrogen-bond acceptors (Lipinski definition) is 6. The minimum absolute atomic E-state index is 0.0503. The van der Waals surface area contributed by atoms with Crippen molar-refractivity contribution in [2.45, 2.75) is 97.8 Å². The van der Waals surface area contributed by atoms with Gasteiger partial charge in [-0.2, -0.15) is 0 Å². The van der Waals surface area contributed by atoms with Crippen molar-refractivity contribution in [2.24, 2.45) is 0 Å². The van der Waals surface area contributed by atoms with E-state index in [0.717, 1.165) is 25.7 Å². The molecular weight excluding hydrogens is 522 g/mol. The van der Waals surface area contributed by atoms with E-state index in [2.05, 4.69) is 17.6 Å². The first-order chi connectivity index (χ1) is 19.4. The van der Waals surface area contributed by atoms with E-state index < -0.39 is 35.6 Å². The van der Waals surface area contributed by atoms with Gasteiger partial charge in [0.15, 0.2) is 0 Å². The van der Waals surface area contributed by atoms with E-state index in [1.54, 1.807) is 58.0 Å². The summed E-state index contributed by atoms with van der Waals surface area (Å²) in [5.41, 5.74) is 0.822. The Labute approximate surface area is 244 Å². The predicted molar refractivity (Wildman–Crippen MR) is 160 cm³/mol. The Balaban J connectivity index is 2.56. The lowest BCUT2D eigenvalue weighted by Crippen LogP contribution is -2.54. The average Bonchev–Trinajstić information content (AvgIpc) is 2.90. The van der Waals surface area contributed by atoms with Gasteiger partial charge in [0.2, 0.25) is 11.8 Å². The maximum atomic E-state index is 14.4. The molecule has 9 heteroatoms. The third-order valence-corrected chi connectivity index (χ3v) is 6.60. The van der Waals surface area contributed by atoms with E-state index in [1.807, 2.05) is 6.92 Å². The van der Waals surface area contributed by atoms with Crippen molar-refractivity contribution in [2.75, 3.05) is 13.1 Å². The van der Waals surface area contributed by atoms with E-state index in [4.69, 9.17) is 4.74 Å². The largest absolute Gasteiger partial charge is 0.508 e. The summed E-state index contributed by atoms with van der Waals surface area (Å²) in [5, 5.41) is 26.4. The van der Waals surface area contributed by atoms with E-state index >= 15 is 0 Å². The van der Waals surface area contributed by atoms with Crippen LogP contribution in [0.5, 0.6) is 11.5 Å². The van der Waals surface area contributed by atoms with Gasteiger partial charge in [-0.3, -0.25) is 9.59 Å². The molecule has 2 aromatic carbocycles. The molecule has 0 fully saturated rings. The molecule has 0 aliphatic carbocycles. The molecule has 2 unspecified atom stereocenters. The van der Waals surface area contributed by atoms with E-state index in [0.29, 0.717) is 29.7 Å². The normalized spacial score (nSPS) is 12.7. The summed E-state index contributed by atoms with van der Waals surface area (Å²) in [6.07, 6.45) is 3.45. The fraction of sp³-hybridized carbons (Fsp3) is 0.531. The van der Waals surface area contributed by atoms with Gasteiger partial charge in [-0.15, -0.1) is 0 Å². The SMILES string of the molecule is CCCCCNC(=O)C(c1cccc(C)c1O)N(CCCC)C(=O)C(Cc1ccc(O)cc1)NC(=O)OC(C)(C)C. The first-order valence-electron chi connectivity index (χ1n) is 14.5. The number of nitrogens with one attached hydrogen (secondary N) is 2. The van der Waals surface area contributed by atoms with Crippen molar-refractivity contribution in [3.05, 3.63) is 59.2 Å². The molecule has 41 heavy (non-hydrogen) atoms. The molecule has 3 amide bonds. The summed E-state index contributed by atoms with van der Waals surface area (Å²) >= 11 is 0. The third-order valence-electron chi connectivity index (χ3n) is 6.60. The van der Waals surface area contributed by atoms with Gasteiger partial charge < -0.3 is 30.5 Å². The number of phenols is 2. The summed E-state index contributed by atoms with van der Waals surface area (Å²) < 4.78 is 5.46. The maximum Gasteiger partial charge on any atom is 0.408 e. The van der Waals surface area contributed by atoms with Crippen molar-refractivity contribution in [3.8, 4) is 11.5 Å². The standard InChI is InChI=1S/C32H47N3O6/c1-7-9-11-19-33-29(38)27(25-14-12-13-22(3)28(25)37)35(20-10-8-2)30(39)26(34-31(40)41-32(4,5)6)21-23-15-17-24(36)18-16-23/h12-18,26-27,36-37H,7-11,19-21H2,1-6H3,(H,33,38)(H,34,40). The summed E-state index contributed by atoms with van der Waals surface area (Å²) in [6, 6.07) is 9.32. The van der Waals surface area contributed by atoms with E-state index in [-0.39, 0.29) is 24.5 Å². The van der Waals surface area contributed by atoms with Crippen LogP contribution in [0, 0.1) is 6.92 Å². The quantitative estimate of drug-likeness (QED) is 0.222. The number of rotatable bonds is 14. The monoisotopic (exact) mass is 569 g/mol. The minimum Gasteiger partial charge on any atom is -0.508 e. The highest BCUT2D eigenvalue weighted by atomic mass is 16.6. The zero-order chi connectivity index (χ0) is 30.6. The number of hydrogen-bond donors (Lipinski definition) is 4. The number of para-hydroxylation sites is 1.